The smallest absolute Gasteiger partial charge is 0.335 e. The number of amides is 2. The molecule has 2 atom stereocenters. The van der Waals surface area contributed by atoms with E-state index in [0.29, 0.717) is 13.0 Å². The molecular formula is C17H20N2O4S. The lowest BCUT2D eigenvalue weighted by molar-refractivity contribution is 0.0696. The van der Waals surface area contributed by atoms with Crippen LogP contribution in [0.2, 0.25) is 0 Å². The average molecular weight is 348 g/mol. The molecule has 0 bridgehead atoms. The number of carboxylic acids is 1. The van der Waals surface area contributed by atoms with Crippen molar-refractivity contribution in [3.05, 3.63) is 57.8 Å². The zero-order valence-corrected chi connectivity index (χ0v) is 14.0. The van der Waals surface area contributed by atoms with Crippen molar-refractivity contribution in [2.75, 3.05) is 0 Å². The number of carboxylic acid groups (broad SMARTS) is 1. The van der Waals surface area contributed by atoms with E-state index >= 15 is 0 Å². The summed E-state index contributed by atoms with van der Waals surface area (Å²) >= 11 is 1.48. The Labute approximate surface area is 144 Å². The van der Waals surface area contributed by atoms with Crippen molar-refractivity contribution in [1.29, 1.82) is 0 Å². The number of aliphatic hydroxyl groups excluding tert-OH is 1. The van der Waals surface area contributed by atoms with Gasteiger partial charge in [0.2, 0.25) is 0 Å². The molecule has 2 unspecified atom stereocenters. The van der Waals surface area contributed by atoms with E-state index in [-0.39, 0.29) is 17.6 Å². The first-order chi connectivity index (χ1) is 11.5. The molecule has 1 aromatic carbocycles. The van der Waals surface area contributed by atoms with Crippen molar-refractivity contribution < 1.29 is 19.8 Å². The molecule has 2 rings (SSSR count). The number of carbonyl (C=O) groups is 2. The van der Waals surface area contributed by atoms with Crippen molar-refractivity contribution in [2.24, 2.45) is 0 Å². The second kappa shape index (κ2) is 8.47. The van der Waals surface area contributed by atoms with Gasteiger partial charge in [0, 0.05) is 17.5 Å². The molecule has 4 N–H and O–H groups in total. The van der Waals surface area contributed by atoms with Crippen LogP contribution in [0.1, 0.15) is 40.2 Å². The fourth-order valence-electron chi connectivity index (χ4n) is 2.21. The summed E-state index contributed by atoms with van der Waals surface area (Å²) in [5.74, 6) is -0.981. The first-order valence-corrected chi connectivity index (χ1v) is 8.41. The molecule has 0 saturated heterocycles. The minimum absolute atomic E-state index is 0.184. The third-order valence-electron chi connectivity index (χ3n) is 3.48. The second-order valence-corrected chi connectivity index (χ2v) is 6.48. The van der Waals surface area contributed by atoms with Crippen LogP contribution in [0.15, 0.2) is 41.8 Å². The molecule has 24 heavy (non-hydrogen) atoms. The van der Waals surface area contributed by atoms with E-state index < -0.39 is 12.1 Å². The van der Waals surface area contributed by atoms with Gasteiger partial charge in [-0.15, -0.1) is 11.3 Å². The van der Waals surface area contributed by atoms with Crippen LogP contribution in [0, 0.1) is 0 Å². The molecule has 2 amide bonds. The zero-order chi connectivity index (χ0) is 17.5. The highest BCUT2D eigenvalue weighted by Crippen LogP contribution is 2.22. The number of aliphatic hydroxyl groups is 1. The van der Waals surface area contributed by atoms with Crippen LogP contribution in [-0.2, 0) is 6.54 Å². The molecule has 0 fully saturated rings. The van der Waals surface area contributed by atoms with Gasteiger partial charge in [-0.25, -0.2) is 9.59 Å². The van der Waals surface area contributed by atoms with Gasteiger partial charge in [0.15, 0.2) is 0 Å². The Morgan fingerprint density at radius 3 is 2.50 bits per heavy atom. The second-order valence-electron chi connectivity index (χ2n) is 5.50. The maximum Gasteiger partial charge on any atom is 0.335 e. The SMILES string of the molecule is CC(CC(O)c1cccs1)NC(=O)NCc1ccc(C(=O)O)cc1. The molecule has 6 nitrogen and oxygen atoms in total. The van der Waals surface area contributed by atoms with E-state index in [1.54, 1.807) is 12.1 Å². The van der Waals surface area contributed by atoms with Crippen molar-refractivity contribution >= 4 is 23.3 Å². The van der Waals surface area contributed by atoms with Crippen LogP contribution < -0.4 is 10.6 Å². The molecule has 2 aromatic rings. The fourth-order valence-corrected chi connectivity index (χ4v) is 2.94. The van der Waals surface area contributed by atoms with Crippen LogP contribution in [0.5, 0.6) is 0 Å². The maximum absolute atomic E-state index is 11.9. The molecule has 0 aliphatic rings. The van der Waals surface area contributed by atoms with E-state index in [0.717, 1.165) is 10.4 Å². The predicted molar refractivity (Wildman–Crippen MR) is 92.1 cm³/mol. The van der Waals surface area contributed by atoms with Crippen molar-refractivity contribution in [1.82, 2.24) is 10.6 Å². The predicted octanol–water partition coefficient (Wildman–Crippen LogP) is 2.76. The lowest BCUT2D eigenvalue weighted by Gasteiger charge is -2.17. The van der Waals surface area contributed by atoms with Gasteiger partial charge >= 0.3 is 12.0 Å². The number of hydrogen-bond acceptors (Lipinski definition) is 4. The average Bonchev–Trinajstić information content (AvgIpc) is 3.07. The molecule has 128 valence electrons. The van der Waals surface area contributed by atoms with Gasteiger partial charge in [-0.2, -0.15) is 0 Å². The van der Waals surface area contributed by atoms with Crippen molar-refractivity contribution in [3.63, 3.8) is 0 Å². The van der Waals surface area contributed by atoms with Crippen LogP contribution in [-0.4, -0.2) is 28.3 Å². The molecule has 0 spiro atoms. The first kappa shape index (κ1) is 18.0. The van der Waals surface area contributed by atoms with Gasteiger partial charge in [0.1, 0.15) is 0 Å². The summed E-state index contributed by atoms with van der Waals surface area (Å²) < 4.78 is 0. The molecule has 0 aliphatic carbocycles. The number of nitrogens with one attached hydrogen (secondary N) is 2. The van der Waals surface area contributed by atoms with Gasteiger partial charge < -0.3 is 20.8 Å². The molecule has 1 aromatic heterocycles. The van der Waals surface area contributed by atoms with E-state index in [4.69, 9.17) is 5.11 Å². The Kier molecular flexibility index (Phi) is 6.34. The number of carbonyl (C=O) groups excluding carboxylic acids is 1. The number of rotatable bonds is 7. The molecule has 1 heterocycles. The van der Waals surface area contributed by atoms with Gasteiger partial charge in [-0.05, 0) is 42.5 Å². The molecule has 7 heteroatoms. The third-order valence-corrected chi connectivity index (χ3v) is 4.45. The van der Waals surface area contributed by atoms with E-state index in [9.17, 15) is 14.7 Å². The maximum atomic E-state index is 11.9. The number of aromatic carboxylic acids is 1. The summed E-state index contributed by atoms with van der Waals surface area (Å²) in [6.07, 6.45) is -0.162. The lowest BCUT2D eigenvalue weighted by Crippen LogP contribution is -2.41. The van der Waals surface area contributed by atoms with Crippen LogP contribution in [0.3, 0.4) is 0 Å². The Morgan fingerprint density at radius 1 is 1.21 bits per heavy atom. The van der Waals surface area contributed by atoms with E-state index in [1.807, 2.05) is 24.4 Å². The van der Waals surface area contributed by atoms with E-state index in [2.05, 4.69) is 10.6 Å². The van der Waals surface area contributed by atoms with E-state index in [1.165, 1.54) is 23.5 Å². The Balaban J connectivity index is 1.75. The molecule has 0 saturated carbocycles. The Morgan fingerprint density at radius 2 is 1.92 bits per heavy atom. The van der Waals surface area contributed by atoms with Gasteiger partial charge in [-0.3, -0.25) is 0 Å². The highest BCUT2D eigenvalue weighted by atomic mass is 32.1. The number of benzene rings is 1. The van der Waals surface area contributed by atoms with Crippen LogP contribution >= 0.6 is 11.3 Å². The van der Waals surface area contributed by atoms with Crippen LogP contribution in [0.25, 0.3) is 0 Å². The summed E-state index contributed by atoms with van der Waals surface area (Å²) in [4.78, 5) is 23.5. The highest BCUT2D eigenvalue weighted by Gasteiger charge is 2.15. The Bertz CT molecular complexity index is 670. The molecular weight excluding hydrogens is 328 g/mol. The normalized spacial score (nSPS) is 13.1. The number of hydrogen-bond donors (Lipinski definition) is 4. The number of urea groups is 1. The molecule has 0 aliphatic heterocycles. The monoisotopic (exact) mass is 348 g/mol. The summed E-state index contributed by atoms with van der Waals surface area (Å²) in [6.45, 7) is 2.13. The first-order valence-electron chi connectivity index (χ1n) is 7.53. The minimum atomic E-state index is -0.981. The largest absolute Gasteiger partial charge is 0.478 e. The van der Waals surface area contributed by atoms with Gasteiger partial charge in [0.25, 0.3) is 0 Å². The number of thiophene rings is 1. The summed E-state index contributed by atoms with van der Waals surface area (Å²) in [7, 11) is 0. The quantitative estimate of drug-likeness (QED) is 0.618. The fraction of sp³-hybridized carbons (Fsp3) is 0.294. The minimum Gasteiger partial charge on any atom is -0.478 e. The molecule has 0 radical (unpaired) electrons. The third kappa shape index (κ3) is 5.36. The topological polar surface area (TPSA) is 98.7 Å². The van der Waals surface area contributed by atoms with Gasteiger partial charge in [-0.1, -0.05) is 18.2 Å². The lowest BCUT2D eigenvalue weighted by atomic mass is 10.1. The van der Waals surface area contributed by atoms with Crippen LogP contribution in [0.4, 0.5) is 4.79 Å². The summed E-state index contributed by atoms with van der Waals surface area (Å²) in [5, 5.41) is 26.3. The summed E-state index contributed by atoms with van der Waals surface area (Å²) in [5.41, 5.74) is 1.01. The van der Waals surface area contributed by atoms with Gasteiger partial charge in [0.05, 0.1) is 11.7 Å². The van der Waals surface area contributed by atoms with Crippen molar-refractivity contribution in [3.8, 4) is 0 Å². The zero-order valence-electron chi connectivity index (χ0n) is 13.2. The Hall–Kier alpha value is -2.38. The van der Waals surface area contributed by atoms with Crippen molar-refractivity contribution in [2.45, 2.75) is 32.0 Å². The standard InChI is InChI=1S/C17H20N2O4S/c1-11(9-14(20)15-3-2-8-24-15)19-17(23)18-10-12-4-6-13(7-5-12)16(21)22/h2-8,11,14,20H,9-10H2,1H3,(H,21,22)(H2,18,19,23). The summed E-state index contributed by atoms with van der Waals surface area (Å²) in [6, 6.07) is 9.54. The highest BCUT2D eigenvalue weighted by molar-refractivity contribution is 7.10.